The van der Waals surface area contributed by atoms with Crippen LogP contribution in [0.15, 0.2) is 52.8 Å². The molecule has 0 bridgehead atoms. The first kappa shape index (κ1) is 28.8. The van der Waals surface area contributed by atoms with E-state index in [-0.39, 0.29) is 46.9 Å². The van der Waals surface area contributed by atoms with Crippen LogP contribution in [0.2, 0.25) is 5.02 Å². The molecule has 4 N–H and O–H groups in total. The summed E-state index contributed by atoms with van der Waals surface area (Å²) in [5.74, 6) is 0.137. The van der Waals surface area contributed by atoms with Crippen LogP contribution in [0.1, 0.15) is 11.5 Å². The molecule has 0 aromatic carbocycles. The van der Waals surface area contributed by atoms with E-state index >= 15 is 0 Å². The van der Waals surface area contributed by atoms with Crippen LogP contribution in [0.4, 0.5) is 20.3 Å². The average Bonchev–Trinajstić information content (AvgIpc) is 3.46. The number of fused-ring (bicyclic) bond motifs is 1. The summed E-state index contributed by atoms with van der Waals surface area (Å²) in [5.41, 5.74) is 4.88. The lowest BCUT2D eigenvalue weighted by Crippen LogP contribution is -2.24. The molecule has 12 nitrogen and oxygen atoms in total. The third-order valence-electron chi connectivity index (χ3n) is 6.96. The Morgan fingerprint density at radius 1 is 1.33 bits per heavy atom. The van der Waals surface area contributed by atoms with Crippen molar-refractivity contribution < 1.29 is 28.2 Å². The highest BCUT2D eigenvalue weighted by molar-refractivity contribution is 6.33. The van der Waals surface area contributed by atoms with Crippen LogP contribution in [0.25, 0.3) is 11.0 Å². The minimum atomic E-state index is -1.25. The largest absolute Gasteiger partial charge is 0.504 e. The number of amides is 2. The van der Waals surface area contributed by atoms with Crippen LogP contribution in [0, 0.1) is 11.8 Å². The Labute approximate surface area is 242 Å². The molecule has 3 aromatic heterocycles. The van der Waals surface area contributed by atoms with Crippen molar-refractivity contribution in [3.8, 4) is 11.8 Å². The number of nitrogens with one attached hydrogen (secondary N) is 1. The Morgan fingerprint density at radius 3 is 2.79 bits per heavy atom. The second-order valence-corrected chi connectivity index (χ2v) is 10.1. The zero-order valence-corrected chi connectivity index (χ0v) is 23.0. The molecule has 0 radical (unpaired) electrons. The van der Waals surface area contributed by atoms with E-state index in [2.05, 4.69) is 27.1 Å². The lowest BCUT2D eigenvalue weighted by molar-refractivity contribution is -0.117. The van der Waals surface area contributed by atoms with Gasteiger partial charge in [-0.15, -0.1) is 0 Å². The SMILES string of the molecule is CO[C@@H]1CN(c2cc(NC(=O)Cn3cc(C4C#CC(F)=C(O)C(C(N)=O)=C4)c4c(=O)n(C)cnc43)c(Cl)cn2)C[C@@H]1F. The van der Waals surface area contributed by atoms with Gasteiger partial charge in [0.2, 0.25) is 11.7 Å². The maximum atomic E-state index is 14.2. The van der Waals surface area contributed by atoms with Gasteiger partial charge in [-0.3, -0.25) is 14.4 Å². The number of aryl methyl sites for hydroxylation is 1. The number of nitrogens with zero attached hydrogens (tertiary/aromatic N) is 5. The summed E-state index contributed by atoms with van der Waals surface area (Å²) in [7, 11) is 2.90. The standard InChI is InChI=1S/C27H24ClF2N7O5/c1-35-12-33-26-23(27(35)41)15(13-3-4-17(29)24(39)14(5-13)25(31)40)8-37(26)11-22(38)34-19-6-21(32-7-16(19)28)36-9-18(30)20(10-36)42-2/h5-8,12-13,18,20,39H,9-11H2,1-2H3,(H2,31,40)(H,32,34,38)/t13?,18-,20+/m0/s1. The van der Waals surface area contributed by atoms with Crippen molar-refractivity contribution in [3.63, 3.8) is 0 Å². The number of aromatic nitrogens is 4. The summed E-state index contributed by atoms with van der Waals surface area (Å²) in [6, 6.07) is 1.52. The van der Waals surface area contributed by atoms with Crippen LogP contribution < -0.4 is 21.5 Å². The van der Waals surface area contributed by atoms with Gasteiger partial charge in [0.15, 0.2) is 5.76 Å². The number of rotatable bonds is 7. The van der Waals surface area contributed by atoms with E-state index in [0.29, 0.717) is 5.82 Å². The Kier molecular flexibility index (Phi) is 7.72. The molecule has 1 aliphatic heterocycles. The van der Waals surface area contributed by atoms with Gasteiger partial charge in [0.25, 0.3) is 11.5 Å². The average molecular weight is 600 g/mol. The Balaban J connectivity index is 1.47. The number of pyridine rings is 1. The second-order valence-electron chi connectivity index (χ2n) is 9.69. The highest BCUT2D eigenvalue weighted by Crippen LogP contribution is 2.31. The predicted molar refractivity (Wildman–Crippen MR) is 149 cm³/mol. The van der Waals surface area contributed by atoms with Crippen LogP contribution in [0.5, 0.6) is 0 Å². The molecule has 1 saturated heterocycles. The van der Waals surface area contributed by atoms with E-state index in [9.17, 15) is 28.3 Å². The summed E-state index contributed by atoms with van der Waals surface area (Å²) in [6.45, 7) is -0.00483. The minimum Gasteiger partial charge on any atom is -0.504 e. The summed E-state index contributed by atoms with van der Waals surface area (Å²) in [4.78, 5) is 48.4. The molecule has 4 heterocycles. The fourth-order valence-electron chi connectivity index (χ4n) is 4.81. The highest BCUT2D eigenvalue weighted by Gasteiger charge is 2.34. The van der Waals surface area contributed by atoms with Gasteiger partial charge in [-0.2, -0.15) is 4.39 Å². The number of carbonyl (C=O) groups excluding carboxylic acids is 2. The van der Waals surface area contributed by atoms with Gasteiger partial charge in [0.05, 0.1) is 46.7 Å². The summed E-state index contributed by atoms with van der Waals surface area (Å²) in [6.07, 6.45) is 3.38. The highest BCUT2D eigenvalue weighted by atomic mass is 35.5. The van der Waals surface area contributed by atoms with Crippen LogP contribution in [-0.4, -0.2) is 68.5 Å². The van der Waals surface area contributed by atoms with E-state index in [1.165, 1.54) is 48.1 Å². The maximum Gasteiger partial charge on any atom is 0.262 e. The summed E-state index contributed by atoms with van der Waals surface area (Å²) >= 11 is 6.28. The molecular weight excluding hydrogens is 576 g/mol. The van der Waals surface area contributed by atoms with E-state index in [1.807, 2.05) is 0 Å². The lowest BCUT2D eigenvalue weighted by Gasteiger charge is -2.18. The quantitative estimate of drug-likeness (QED) is 0.347. The van der Waals surface area contributed by atoms with E-state index in [4.69, 9.17) is 22.1 Å². The first-order valence-electron chi connectivity index (χ1n) is 12.5. The van der Waals surface area contributed by atoms with Gasteiger partial charge in [0.1, 0.15) is 30.3 Å². The normalized spacial score (nSPS) is 20.3. The van der Waals surface area contributed by atoms with Crippen LogP contribution >= 0.6 is 11.6 Å². The number of primary amides is 1. The number of anilines is 2. The Morgan fingerprint density at radius 2 is 2.10 bits per heavy atom. The van der Waals surface area contributed by atoms with Crippen molar-refractivity contribution >= 4 is 46.0 Å². The number of hydrogen-bond donors (Lipinski definition) is 3. The molecule has 0 saturated carbocycles. The van der Waals surface area contributed by atoms with Gasteiger partial charge in [-0.1, -0.05) is 17.5 Å². The third kappa shape index (κ3) is 5.31. The van der Waals surface area contributed by atoms with Gasteiger partial charge in [-0.05, 0) is 12.0 Å². The number of halogens is 3. The molecule has 1 unspecified atom stereocenters. The van der Waals surface area contributed by atoms with Gasteiger partial charge < -0.3 is 34.9 Å². The molecule has 2 aliphatic rings. The molecule has 5 rings (SSSR count). The van der Waals surface area contributed by atoms with E-state index < -0.39 is 52.7 Å². The second kappa shape index (κ2) is 11.3. The van der Waals surface area contributed by atoms with Gasteiger partial charge >= 0.3 is 0 Å². The zero-order valence-electron chi connectivity index (χ0n) is 22.3. The molecule has 218 valence electrons. The first-order chi connectivity index (χ1) is 20.0. The Hall–Kier alpha value is -4.74. The van der Waals surface area contributed by atoms with Crippen molar-refractivity contribution in [2.75, 3.05) is 30.4 Å². The molecule has 3 atom stereocenters. The molecule has 1 aliphatic carbocycles. The van der Waals surface area contributed by atoms with Crippen molar-refractivity contribution in [3.05, 3.63) is 69.0 Å². The van der Waals surface area contributed by atoms with E-state index in [0.717, 1.165) is 6.08 Å². The zero-order chi connectivity index (χ0) is 30.3. The minimum absolute atomic E-state index is 0.0620. The number of methoxy groups -OCH3 is 1. The van der Waals surface area contributed by atoms with Gasteiger partial charge in [0, 0.05) is 38.5 Å². The van der Waals surface area contributed by atoms with Crippen LogP contribution in [0.3, 0.4) is 0 Å². The first-order valence-corrected chi connectivity index (χ1v) is 12.9. The summed E-state index contributed by atoms with van der Waals surface area (Å²) < 4.78 is 36.2. The monoisotopic (exact) mass is 599 g/mol. The number of carbonyl (C=O) groups is 2. The topological polar surface area (TPSA) is 158 Å². The number of allylic oxidation sites excluding steroid dienone is 2. The molecule has 42 heavy (non-hydrogen) atoms. The molecular formula is C27H24ClF2N7O5. The number of alkyl halides is 1. The molecule has 15 heteroatoms. The molecule has 3 aromatic rings. The van der Waals surface area contributed by atoms with Crippen LogP contribution in [-0.2, 0) is 27.9 Å². The smallest absolute Gasteiger partial charge is 0.262 e. The molecule has 0 spiro atoms. The summed E-state index contributed by atoms with van der Waals surface area (Å²) in [5, 5.41) is 12.9. The van der Waals surface area contributed by atoms with Crippen molar-refractivity contribution in [1.82, 2.24) is 19.1 Å². The molecule has 2 amide bonds. The van der Waals surface area contributed by atoms with Gasteiger partial charge in [-0.25, -0.2) is 14.4 Å². The number of ether oxygens (including phenoxy) is 1. The van der Waals surface area contributed by atoms with E-state index in [1.54, 1.807) is 4.90 Å². The van der Waals surface area contributed by atoms with Crippen molar-refractivity contribution in [2.24, 2.45) is 12.8 Å². The fourth-order valence-corrected chi connectivity index (χ4v) is 4.96. The van der Waals surface area contributed by atoms with Crippen molar-refractivity contribution in [1.29, 1.82) is 0 Å². The maximum absolute atomic E-state index is 14.2. The number of aliphatic hydroxyl groups is 1. The number of aliphatic hydroxyl groups excluding tert-OH is 1. The number of nitrogens with two attached hydrogens (primary N) is 1. The van der Waals surface area contributed by atoms with Crippen molar-refractivity contribution in [2.45, 2.75) is 24.7 Å². The predicted octanol–water partition coefficient (Wildman–Crippen LogP) is 1.85. The lowest BCUT2D eigenvalue weighted by atomic mass is 9.97. The third-order valence-corrected chi connectivity index (χ3v) is 7.26. The number of hydrogen-bond acceptors (Lipinski definition) is 8. The fraction of sp³-hybridized carbons (Fsp3) is 0.296. The Bertz CT molecular complexity index is 1810. The molecule has 1 fully saturated rings.